The second-order valence-corrected chi connectivity index (χ2v) is 6.70. The molecule has 1 heterocycles. The van der Waals surface area contributed by atoms with Gasteiger partial charge < -0.3 is 14.6 Å². The van der Waals surface area contributed by atoms with E-state index in [2.05, 4.69) is 5.32 Å². The minimum absolute atomic E-state index is 0.112. The quantitative estimate of drug-likeness (QED) is 0.713. The average molecular weight is 380 g/mol. The Hall–Kier alpha value is -3.41. The smallest absolute Gasteiger partial charge is 0.289 e. The standard InChI is InChI=1S/C22H21FN2O3/c1-14-4-5-15(2)18(12-14)24-21(26)13-25(3)22(27)20-11-10-19(28-20)16-6-8-17(23)9-7-16/h4-12H,13H2,1-3H3,(H,24,26). The number of hydrogen-bond donors (Lipinski definition) is 1. The highest BCUT2D eigenvalue weighted by molar-refractivity contribution is 5.98. The summed E-state index contributed by atoms with van der Waals surface area (Å²) in [5.74, 6) is -0.488. The van der Waals surface area contributed by atoms with Crippen LogP contribution in [0.3, 0.4) is 0 Å². The monoisotopic (exact) mass is 380 g/mol. The van der Waals surface area contributed by atoms with Gasteiger partial charge in [-0.15, -0.1) is 0 Å². The van der Waals surface area contributed by atoms with Crippen LogP contribution in [0.2, 0.25) is 0 Å². The number of hydrogen-bond acceptors (Lipinski definition) is 3. The number of aryl methyl sites for hydroxylation is 2. The van der Waals surface area contributed by atoms with E-state index in [4.69, 9.17) is 4.42 Å². The molecular weight excluding hydrogens is 359 g/mol. The highest BCUT2D eigenvalue weighted by Gasteiger charge is 2.19. The molecule has 28 heavy (non-hydrogen) atoms. The molecule has 0 aliphatic rings. The van der Waals surface area contributed by atoms with Gasteiger partial charge >= 0.3 is 0 Å². The predicted molar refractivity (Wildman–Crippen MR) is 106 cm³/mol. The van der Waals surface area contributed by atoms with E-state index in [9.17, 15) is 14.0 Å². The molecule has 2 amide bonds. The highest BCUT2D eigenvalue weighted by Crippen LogP contribution is 2.23. The number of benzene rings is 2. The molecule has 0 saturated carbocycles. The lowest BCUT2D eigenvalue weighted by atomic mass is 10.1. The van der Waals surface area contributed by atoms with Crippen LogP contribution in [0.15, 0.2) is 59.0 Å². The maximum Gasteiger partial charge on any atom is 0.289 e. The average Bonchev–Trinajstić information content (AvgIpc) is 3.14. The minimum Gasteiger partial charge on any atom is -0.451 e. The fourth-order valence-corrected chi connectivity index (χ4v) is 2.76. The molecule has 1 aromatic heterocycles. The first-order valence-electron chi connectivity index (χ1n) is 8.82. The second-order valence-electron chi connectivity index (χ2n) is 6.70. The number of carbonyl (C=O) groups excluding carboxylic acids is 2. The summed E-state index contributed by atoms with van der Waals surface area (Å²) in [5.41, 5.74) is 3.37. The lowest BCUT2D eigenvalue weighted by Gasteiger charge is -2.16. The van der Waals surface area contributed by atoms with Crippen molar-refractivity contribution in [3.05, 3.63) is 77.3 Å². The number of halogens is 1. The predicted octanol–water partition coefficient (Wildman–Crippen LogP) is 4.41. The van der Waals surface area contributed by atoms with Crippen LogP contribution in [0, 0.1) is 19.7 Å². The zero-order valence-electron chi connectivity index (χ0n) is 16.0. The third-order valence-corrected chi connectivity index (χ3v) is 4.34. The van der Waals surface area contributed by atoms with Gasteiger partial charge in [-0.2, -0.15) is 0 Å². The van der Waals surface area contributed by atoms with Gasteiger partial charge in [-0.3, -0.25) is 9.59 Å². The summed E-state index contributed by atoms with van der Waals surface area (Å²) >= 11 is 0. The molecule has 0 aliphatic heterocycles. The number of carbonyl (C=O) groups is 2. The van der Waals surface area contributed by atoms with E-state index in [-0.39, 0.29) is 24.0 Å². The van der Waals surface area contributed by atoms with Crippen molar-refractivity contribution in [3.63, 3.8) is 0 Å². The molecule has 0 unspecified atom stereocenters. The van der Waals surface area contributed by atoms with Gasteiger partial charge in [-0.05, 0) is 67.4 Å². The van der Waals surface area contributed by atoms with Crippen molar-refractivity contribution in [2.75, 3.05) is 18.9 Å². The molecule has 0 aliphatic carbocycles. The van der Waals surface area contributed by atoms with Crippen LogP contribution in [-0.4, -0.2) is 30.3 Å². The van der Waals surface area contributed by atoms with E-state index in [1.165, 1.54) is 24.1 Å². The number of nitrogens with one attached hydrogen (secondary N) is 1. The summed E-state index contributed by atoms with van der Waals surface area (Å²) in [5, 5.41) is 2.83. The lowest BCUT2D eigenvalue weighted by Crippen LogP contribution is -2.34. The minimum atomic E-state index is -0.413. The van der Waals surface area contributed by atoms with Gasteiger partial charge in [0.25, 0.3) is 5.91 Å². The zero-order chi connectivity index (χ0) is 20.3. The Morgan fingerprint density at radius 3 is 2.46 bits per heavy atom. The van der Waals surface area contributed by atoms with Gasteiger partial charge in [0.05, 0.1) is 6.54 Å². The van der Waals surface area contributed by atoms with E-state index < -0.39 is 5.91 Å². The van der Waals surface area contributed by atoms with Crippen molar-refractivity contribution in [1.29, 1.82) is 0 Å². The first kappa shape index (κ1) is 19.4. The Balaban J connectivity index is 1.65. The van der Waals surface area contributed by atoms with Gasteiger partial charge in [0.1, 0.15) is 11.6 Å². The van der Waals surface area contributed by atoms with Crippen LogP contribution in [0.5, 0.6) is 0 Å². The van der Waals surface area contributed by atoms with Gasteiger partial charge in [-0.25, -0.2) is 4.39 Å². The third kappa shape index (κ3) is 4.46. The zero-order valence-corrected chi connectivity index (χ0v) is 16.0. The molecule has 3 rings (SSSR count). The summed E-state index contributed by atoms with van der Waals surface area (Å²) in [7, 11) is 1.53. The van der Waals surface area contributed by atoms with Gasteiger partial charge in [0, 0.05) is 18.3 Å². The van der Waals surface area contributed by atoms with E-state index in [0.29, 0.717) is 11.3 Å². The summed E-state index contributed by atoms with van der Waals surface area (Å²) in [4.78, 5) is 26.1. The number of furan rings is 1. The van der Waals surface area contributed by atoms with Crippen LogP contribution in [0.1, 0.15) is 21.7 Å². The summed E-state index contributed by atoms with van der Waals surface area (Å²) < 4.78 is 18.6. The topological polar surface area (TPSA) is 62.6 Å². The van der Waals surface area contributed by atoms with Crippen LogP contribution >= 0.6 is 0 Å². The van der Waals surface area contributed by atoms with Crippen molar-refractivity contribution >= 4 is 17.5 Å². The molecule has 0 spiro atoms. The Bertz CT molecular complexity index is 1010. The molecule has 0 atom stereocenters. The number of amides is 2. The molecule has 0 bridgehead atoms. The number of nitrogens with zero attached hydrogens (tertiary/aromatic N) is 1. The summed E-state index contributed by atoms with van der Waals surface area (Å²) in [6.07, 6.45) is 0. The molecule has 3 aromatic rings. The van der Waals surface area contributed by atoms with E-state index >= 15 is 0 Å². The fourth-order valence-electron chi connectivity index (χ4n) is 2.76. The van der Waals surface area contributed by atoms with Gasteiger partial charge in [0.15, 0.2) is 5.76 Å². The van der Waals surface area contributed by atoms with Crippen molar-refractivity contribution in [2.45, 2.75) is 13.8 Å². The van der Waals surface area contributed by atoms with Crippen LogP contribution in [-0.2, 0) is 4.79 Å². The molecule has 6 heteroatoms. The maximum atomic E-state index is 13.0. The molecule has 5 nitrogen and oxygen atoms in total. The molecule has 1 N–H and O–H groups in total. The second kappa shape index (κ2) is 8.08. The first-order chi connectivity index (χ1) is 13.3. The van der Waals surface area contributed by atoms with Gasteiger partial charge in [0.2, 0.25) is 5.91 Å². The van der Waals surface area contributed by atoms with E-state index in [1.54, 1.807) is 24.3 Å². The Kier molecular flexibility index (Phi) is 5.59. The lowest BCUT2D eigenvalue weighted by molar-refractivity contribution is -0.116. The molecule has 2 aromatic carbocycles. The normalized spacial score (nSPS) is 10.6. The van der Waals surface area contributed by atoms with Crippen molar-refractivity contribution in [3.8, 4) is 11.3 Å². The summed E-state index contributed by atoms with van der Waals surface area (Å²) in [6, 6.07) is 14.8. The summed E-state index contributed by atoms with van der Waals surface area (Å²) in [6.45, 7) is 3.74. The largest absolute Gasteiger partial charge is 0.451 e. The maximum absolute atomic E-state index is 13.0. The van der Waals surface area contributed by atoms with Crippen molar-refractivity contribution in [2.24, 2.45) is 0 Å². The Morgan fingerprint density at radius 2 is 1.75 bits per heavy atom. The molecule has 0 fully saturated rings. The number of likely N-dealkylation sites (N-methyl/N-ethyl adjacent to an activating group) is 1. The number of rotatable bonds is 5. The number of anilines is 1. The van der Waals surface area contributed by atoms with Crippen LogP contribution in [0.4, 0.5) is 10.1 Å². The first-order valence-corrected chi connectivity index (χ1v) is 8.82. The molecule has 0 radical (unpaired) electrons. The third-order valence-electron chi connectivity index (χ3n) is 4.34. The molecule has 0 saturated heterocycles. The van der Waals surface area contributed by atoms with Crippen molar-refractivity contribution < 1.29 is 18.4 Å². The van der Waals surface area contributed by atoms with Crippen molar-refractivity contribution in [1.82, 2.24) is 4.90 Å². The van der Waals surface area contributed by atoms with Gasteiger partial charge in [-0.1, -0.05) is 12.1 Å². The van der Waals surface area contributed by atoms with Crippen LogP contribution in [0.25, 0.3) is 11.3 Å². The molecular formula is C22H21FN2O3. The SMILES string of the molecule is Cc1ccc(C)c(NC(=O)CN(C)C(=O)c2ccc(-c3ccc(F)cc3)o2)c1. The van der Waals surface area contributed by atoms with Crippen LogP contribution < -0.4 is 5.32 Å². The highest BCUT2D eigenvalue weighted by atomic mass is 19.1. The molecule has 144 valence electrons. The fraction of sp³-hybridized carbons (Fsp3) is 0.182. The van der Waals surface area contributed by atoms with E-state index in [0.717, 1.165) is 16.8 Å². The Labute approximate surface area is 162 Å². The Morgan fingerprint density at radius 1 is 1.04 bits per heavy atom. The van der Waals surface area contributed by atoms with E-state index in [1.807, 2.05) is 32.0 Å².